The summed E-state index contributed by atoms with van der Waals surface area (Å²) in [5.74, 6) is -1.51. The van der Waals surface area contributed by atoms with Crippen LogP contribution in [0, 0.1) is 5.82 Å². The molecule has 0 N–H and O–H groups in total. The standard InChI is InChI=1S/C12H13ClFNO3S/c13-7-12(16)15(9-5-6-19(17,18)8-9)11-4-2-1-3-10(11)14/h1-4,9H,5-8H2. The maximum Gasteiger partial charge on any atom is 0.242 e. The van der Waals surface area contributed by atoms with Crippen LogP contribution in [0.2, 0.25) is 0 Å². The Labute approximate surface area is 116 Å². The van der Waals surface area contributed by atoms with Crippen molar-refractivity contribution in [2.24, 2.45) is 0 Å². The number of rotatable bonds is 3. The molecular weight excluding hydrogens is 293 g/mol. The van der Waals surface area contributed by atoms with Gasteiger partial charge in [0.1, 0.15) is 11.7 Å². The average molecular weight is 306 g/mol. The predicted molar refractivity (Wildman–Crippen MR) is 71.7 cm³/mol. The van der Waals surface area contributed by atoms with Crippen LogP contribution < -0.4 is 4.90 Å². The van der Waals surface area contributed by atoms with Gasteiger partial charge in [-0.2, -0.15) is 0 Å². The highest BCUT2D eigenvalue weighted by atomic mass is 35.5. The summed E-state index contributed by atoms with van der Waals surface area (Å²) in [6, 6.07) is 5.23. The lowest BCUT2D eigenvalue weighted by Gasteiger charge is -2.28. The van der Waals surface area contributed by atoms with E-state index in [4.69, 9.17) is 11.6 Å². The number of anilines is 1. The van der Waals surface area contributed by atoms with E-state index in [1.54, 1.807) is 6.07 Å². The zero-order valence-electron chi connectivity index (χ0n) is 10.1. The normalized spacial score (nSPS) is 21.3. The third kappa shape index (κ3) is 3.06. The van der Waals surface area contributed by atoms with Crippen LogP contribution in [0.5, 0.6) is 0 Å². The highest BCUT2D eigenvalue weighted by Crippen LogP contribution is 2.27. The third-order valence-electron chi connectivity index (χ3n) is 3.07. The lowest BCUT2D eigenvalue weighted by molar-refractivity contribution is -0.116. The molecule has 1 fully saturated rings. The Morgan fingerprint density at radius 3 is 2.63 bits per heavy atom. The predicted octanol–water partition coefficient (Wildman–Crippen LogP) is 1.58. The van der Waals surface area contributed by atoms with Crippen molar-refractivity contribution in [3.63, 3.8) is 0 Å². The average Bonchev–Trinajstić information content (AvgIpc) is 2.72. The van der Waals surface area contributed by atoms with Crippen molar-refractivity contribution in [3.8, 4) is 0 Å². The number of para-hydroxylation sites is 1. The van der Waals surface area contributed by atoms with Gasteiger partial charge in [-0.05, 0) is 18.6 Å². The Hall–Kier alpha value is -1.14. The second-order valence-electron chi connectivity index (χ2n) is 4.41. The highest BCUT2D eigenvalue weighted by molar-refractivity contribution is 7.91. The van der Waals surface area contributed by atoms with E-state index in [-0.39, 0.29) is 23.1 Å². The molecule has 1 unspecified atom stereocenters. The van der Waals surface area contributed by atoms with Gasteiger partial charge in [0, 0.05) is 0 Å². The Morgan fingerprint density at radius 1 is 1.42 bits per heavy atom. The zero-order chi connectivity index (χ0) is 14.0. The van der Waals surface area contributed by atoms with E-state index in [1.165, 1.54) is 23.1 Å². The SMILES string of the molecule is O=C(CCl)N(c1ccccc1F)C1CCS(=O)(=O)C1. The van der Waals surface area contributed by atoms with Gasteiger partial charge in [0.15, 0.2) is 9.84 Å². The molecule has 1 amide bonds. The number of sulfone groups is 1. The number of halogens is 2. The van der Waals surface area contributed by atoms with E-state index < -0.39 is 27.6 Å². The molecule has 0 saturated carbocycles. The molecular formula is C12H13ClFNO3S. The molecule has 0 aromatic heterocycles. The first-order chi connectivity index (χ1) is 8.94. The molecule has 0 aliphatic carbocycles. The topological polar surface area (TPSA) is 54.5 Å². The Bertz CT molecular complexity index is 590. The van der Waals surface area contributed by atoms with Crippen LogP contribution in [0.1, 0.15) is 6.42 Å². The molecule has 1 aliphatic rings. The van der Waals surface area contributed by atoms with E-state index in [1.807, 2.05) is 0 Å². The molecule has 0 bridgehead atoms. The first-order valence-electron chi connectivity index (χ1n) is 5.77. The molecule has 1 saturated heterocycles. The van der Waals surface area contributed by atoms with Gasteiger partial charge in [-0.1, -0.05) is 12.1 Å². The van der Waals surface area contributed by atoms with Gasteiger partial charge in [0.2, 0.25) is 5.91 Å². The smallest absolute Gasteiger partial charge is 0.242 e. The summed E-state index contributed by atoms with van der Waals surface area (Å²) in [5.41, 5.74) is 0.0789. The van der Waals surface area contributed by atoms with Crippen LogP contribution in [0.25, 0.3) is 0 Å². The van der Waals surface area contributed by atoms with E-state index in [9.17, 15) is 17.6 Å². The highest BCUT2D eigenvalue weighted by Gasteiger charge is 2.36. The third-order valence-corrected chi connectivity index (χ3v) is 5.05. The lowest BCUT2D eigenvalue weighted by atomic mass is 10.1. The van der Waals surface area contributed by atoms with Crippen molar-refractivity contribution < 1.29 is 17.6 Å². The molecule has 0 radical (unpaired) electrons. The number of amides is 1. The van der Waals surface area contributed by atoms with Crippen molar-refractivity contribution >= 4 is 33.0 Å². The number of nitrogens with zero attached hydrogens (tertiary/aromatic N) is 1. The summed E-state index contributed by atoms with van der Waals surface area (Å²) in [5, 5.41) is 0. The van der Waals surface area contributed by atoms with Gasteiger partial charge in [0.05, 0.1) is 23.2 Å². The first kappa shape index (κ1) is 14.3. The Balaban J connectivity index is 2.38. The minimum atomic E-state index is -3.16. The molecule has 1 aromatic carbocycles. The van der Waals surface area contributed by atoms with Gasteiger partial charge in [0.25, 0.3) is 0 Å². The van der Waals surface area contributed by atoms with Crippen molar-refractivity contribution in [2.75, 3.05) is 22.3 Å². The van der Waals surface area contributed by atoms with Crippen LogP contribution in [0.4, 0.5) is 10.1 Å². The maximum absolute atomic E-state index is 13.8. The van der Waals surface area contributed by atoms with Crippen LogP contribution in [0.3, 0.4) is 0 Å². The van der Waals surface area contributed by atoms with Gasteiger partial charge >= 0.3 is 0 Å². The number of alkyl halides is 1. The van der Waals surface area contributed by atoms with E-state index >= 15 is 0 Å². The van der Waals surface area contributed by atoms with E-state index in [0.29, 0.717) is 6.42 Å². The summed E-state index contributed by atoms with van der Waals surface area (Å²) in [4.78, 5) is 13.1. The minimum Gasteiger partial charge on any atom is -0.304 e. The number of hydrogen-bond acceptors (Lipinski definition) is 3. The van der Waals surface area contributed by atoms with Gasteiger partial charge in [-0.3, -0.25) is 4.79 Å². The van der Waals surface area contributed by atoms with Crippen LogP contribution in [0.15, 0.2) is 24.3 Å². The largest absolute Gasteiger partial charge is 0.304 e. The maximum atomic E-state index is 13.8. The fourth-order valence-corrected chi connectivity index (χ4v) is 4.05. The van der Waals surface area contributed by atoms with Gasteiger partial charge < -0.3 is 4.90 Å². The molecule has 1 heterocycles. The molecule has 0 spiro atoms. The van der Waals surface area contributed by atoms with Gasteiger partial charge in [-0.15, -0.1) is 11.6 Å². The molecule has 1 atom stereocenters. The summed E-state index contributed by atoms with van der Waals surface area (Å²) >= 11 is 5.54. The summed E-state index contributed by atoms with van der Waals surface area (Å²) in [7, 11) is -3.16. The van der Waals surface area contributed by atoms with Crippen molar-refractivity contribution in [3.05, 3.63) is 30.1 Å². The molecule has 1 aliphatic heterocycles. The first-order valence-corrected chi connectivity index (χ1v) is 8.13. The zero-order valence-corrected chi connectivity index (χ0v) is 11.6. The Kier molecular flexibility index (Phi) is 4.10. The monoisotopic (exact) mass is 305 g/mol. The van der Waals surface area contributed by atoms with Crippen molar-refractivity contribution in [2.45, 2.75) is 12.5 Å². The quantitative estimate of drug-likeness (QED) is 0.797. The Morgan fingerprint density at radius 2 is 2.11 bits per heavy atom. The molecule has 2 rings (SSSR count). The number of benzene rings is 1. The van der Waals surface area contributed by atoms with E-state index in [0.717, 1.165) is 0 Å². The second kappa shape index (κ2) is 5.46. The van der Waals surface area contributed by atoms with Crippen LogP contribution in [-0.2, 0) is 14.6 Å². The molecule has 1 aromatic rings. The fraction of sp³-hybridized carbons (Fsp3) is 0.417. The van der Waals surface area contributed by atoms with Crippen LogP contribution >= 0.6 is 11.6 Å². The molecule has 19 heavy (non-hydrogen) atoms. The molecule has 7 heteroatoms. The lowest BCUT2D eigenvalue weighted by Crippen LogP contribution is -2.42. The summed E-state index contributed by atoms with van der Waals surface area (Å²) in [6.45, 7) is 0. The number of carbonyl (C=O) groups excluding carboxylic acids is 1. The second-order valence-corrected chi connectivity index (χ2v) is 6.90. The van der Waals surface area contributed by atoms with Crippen molar-refractivity contribution in [1.82, 2.24) is 0 Å². The van der Waals surface area contributed by atoms with Gasteiger partial charge in [-0.25, -0.2) is 12.8 Å². The van der Waals surface area contributed by atoms with E-state index in [2.05, 4.69) is 0 Å². The summed E-state index contributed by atoms with van der Waals surface area (Å²) in [6.07, 6.45) is 0.305. The number of carbonyl (C=O) groups is 1. The minimum absolute atomic E-state index is 0.0121. The fourth-order valence-electron chi connectivity index (χ4n) is 2.23. The van der Waals surface area contributed by atoms with Crippen molar-refractivity contribution in [1.29, 1.82) is 0 Å². The number of hydrogen-bond donors (Lipinski definition) is 0. The molecule has 104 valence electrons. The van der Waals surface area contributed by atoms with Crippen LogP contribution in [-0.4, -0.2) is 37.8 Å². The summed E-state index contributed by atoms with van der Waals surface area (Å²) < 4.78 is 36.8. The molecule has 4 nitrogen and oxygen atoms in total.